The van der Waals surface area contributed by atoms with Crippen molar-refractivity contribution < 1.29 is 0 Å². The van der Waals surface area contributed by atoms with E-state index < -0.39 is 0 Å². The van der Waals surface area contributed by atoms with E-state index in [1.54, 1.807) is 12.1 Å². The Morgan fingerprint density at radius 1 is 0.818 bits per heavy atom. The third-order valence-electron chi connectivity index (χ3n) is 2.74. The number of nitrogens with zero attached hydrogens (tertiary/aromatic N) is 2. The Labute approximate surface area is 151 Å². The molecule has 1 N–H and O–H groups in total. The largest absolute Gasteiger partial charge is 0.352 e. The van der Waals surface area contributed by atoms with Crippen LogP contribution in [-0.4, -0.2) is 0 Å². The minimum Gasteiger partial charge on any atom is -0.352 e. The highest BCUT2D eigenvalue weighted by Crippen LogP contribution is 2.43. The standard InChI is InChI=1S/C14H4Cl5N3/c15-6-1-2-10(9(16)3-6)22-14-8(5-21)11(17)7(4-20)12(18)13(14)19/h1-3,22H. The second-order valence-electron chi connectivity index (χ2n) is 4.04. The van der Waals surface area contributed by atoms with Crippen LogP contribution in [0, 0.1) is 22.7 Å². The third kappa shape index (κ3) is 3.06. The van der Waals surface area contributed by atoms with Gasteiger partial charge in [0.05, 0.1) is 42.6 Å². The van der Waals surface area contributed by atoms with E-state index in [-0.39, 0.29) is 31.9 Å². The molecule has 0 bridgehead atoms. The predicted molar refractivity (Wildman–Crippen MR) is 90.6 cm³/mol. The molecule has 0 aliphatic heterocycles. The second-order valence-corrected chi connectivity index (χ2v) is 6.02. The van der Waals surface area contributed by atoms with Crippen LogP contribution in [-0.2, 0) is 0 Å². The monoisotopic (exact) mass is 389 g/mol. The van der Waals surface area contributed by atoms with Crippen LogP contribution < -0.4 is 5.32 Å². The molecular weight excluding hydrogens is 387 g/mol. The Kier molecular flexibility index (Phi) is 5.29. The minimum absolute atomic E-state index is 0.00127. The van der Waals surface area contributed by atoms with Gasteiger partial charge in [0.15, 0.2) is 0 Å². The van der Waals surface area contributed by atoms with Gasteiger partial charge in [0.1, 0.15) is 12.1 Å². The van der Waals surface area contributed by atoms with Gasteiger partial charge in [-0.1, -0.05) is 58.0 Å². The van der Waals surface area contributed by atoms with Gasteiger partial charge < -0.3 is 5.32 Å². The summed E-state index contributed by atoms with van der Waals surface area (Å²) in [6.45, 7) is 0. The molecule has 0 fully saturated rings. The first-order valence-electron chi connectivity index (χ1n) is 5.63. The van der Waals surface area contributed by atoms with Gasteiger partial charge in [-0.2, -0.15) is 10.5 Å². The van der Waals surface area contributed by atoms with Crippen molar-refractivity contribution in [3.8, 4) is 12.1 Å². The summed E-state index contributed by atoms with van der Waals surface area (Å²) in [6, 6.07) is 8.47. The van der Waals surface area contributed by atoms with Crippen LogP contribution >= 0.6 is 58.0 Å². The van der Waals surface area contributed by atoms with E-state index >= 15 is 0 Å². The van der Waals surface area contributed by atoms with Gasteiger partial charge in [0, 0.05) is 5.02 Å². The van der Waals surface area contributed by atoms with Gasteiger partial charge in [0.25, 0.3) is 0 Å². The lowest BCUT2D eigenvalue weighted by molar-refractivity contribution is 1.43. The van der Waals surface area contributed by atoms with Crippen LogP contribution in [0.3, 0.4) is 0 Å². The number of anilines is 2. The molecular formula is C14H4Cl5N3. The molecule has 0 unspecified atom stereocenters. The molecule has 2 aromatic carbocycles. The van der Waals surface area contributed by atoms with E-state index in [1.165, 1.54) is 6.07 Å². The van der Waals surface area contributed by atoms with Crippen LogP contribution in [0.1, 0.15) is 11.1 Å². The highest BCUT2D eigenvalue weighted by molar-refractivity contribution is 6.47. The zero-order valence-electron chi connectivity index (χ0n) is 10.5. The van der Waals surface area contributed by atoms with E-state index in [4.69, 9.17) is 63.3 Å². The van der Waals surface area contributed by atoms with Crippen molar-refractivity contribution in [2.75, 3.05) is 5.32 Å². The van der Waals surface area contributed by atoms with Crippen LogP contribution in [0.15, 0.2) is 18.2 Å². The first-order chi connectivity index (χ1) is 10.4. The summed E-state index contributed by atoms with van der Waals surface area (Å²) >= 11 is 30.1. The molecule has 22 heavy (non-hydrogen) atoms. The lowest BCUT2D eigenvalue weighted by Crippen LogP contribution is -1.99. The smallest absolute Gasteiger partial charge is 0.103 e. The first-order valence-corrected chi connectivity index (χ1v) is 7.52. The maximum atomic E-state index is 9.29. The summed E-state index contributed by atoms with van der Waals surface area (Å²) in [5, 5.41) is 21.9. The maximum Gasteiger partial charge on any atom is 0.103 e. The van der Waals surface area contributed by atoms with E-state index in [2.05, 4.69) is 5.32 Å². The van der Waals surface area contributed by atoms with Gasteiger partial charge in [-0.3, -0.25) is 0 Å². The Morgan fingerprint density at radius 2 is 1.45 bits per heavy atom. The Morgan fingerprint density at radius 3 is 2.00 bits per heavy atom. The molecule has 2 rings (SSSR count). The van der Waals surface area contributed by atoms with Gasteiger partial charge in [0.2, 0.25) is 0 Å². The van der Waals surface area contributed by atoms with Gasteiger partial charge in [-0.15, -0.1) is 0 Å². The van der Waals surface area contributed by atoms with Crippen molar-refractivity contribution in [2.24, 2.45) is 0 Å². The molecule has 0 aromatic heterocycles. The van der Waals surface area contributed by atoms with E-state index in [1.807, 2.05) is 12.1 Å². The maximum absolute atomic E-state index is 9.29. The zero-order valence-corrected chi connectivity index (χ0v) is 14.3. The summed E-state index contributed by atoms with van der Waals surface area (Å²) in [5.41, 5.74) is 0.569. The molecule has 8 heteroatoms. The lowest BCUT2D eigenvalue weighted by Gasteiger charge is -2.15. The average molecular weight is 391 g/mol. The number of halogens is 5. The molecule has 110 valence electrons. The Balaban J connectivity index is 2.66. The second kappa shape index (κ2) is 6.84. The van der Waals surface area contributed by atoms with Crippen LogP contribution in [0.2, 0.25) is 25.1 Å². The summed E-state index contributed by atoms with van der Waals surface area (Å²) in [4.78, 5) is 0. The number of benzene rings is 2. The molecule has 0 heterocycles. The lowest BCUT2D eigenvalue weighted by atomic mass is 10.1. The van der Waals surface area contributed by atoms with Gasteiger partial charge in [-0.05, 0) is 18.2 Å². The molecule has 0 aliphatic rings. The quantitative estimate of drug-likeness (QED) is 0.599. The Bertz CT molecular complexity index is 849. The normalized spacial score (nSPS) is 9.95. The summed E-state index contributed by atoms with van der Waals surface area (Å²) < 4.78 is 0. The molecule has 0 saturated carbocycles. The fourth-order valence-electron chi connectivity index (χ4n) is 1.71. The number of rotatable bonds is 2. The zero-order chi connectivity index (χ0) is 16.4. The van der Waals surface area contributed by atoms with Crippen LogP contribution in [0.5, 0.6) is 0 Å². The Hall–Kier alpha value is -1.33. The van der Waals surface area contributed by atoms with E-state index in [9.17, 15) is 5.26 Å². The number of nitrogens with one attached hydrogen (secondary N) is 1. The van der Waals surface area contributed by atoms with Crippen molar-refractivity contribution in [3.05, 3.63) is 54.4 Å². The number of hydrogen-bond acceptors (Lipinski definition) is 3. The molecule has 2 aromatic rings. The summed E-state index contributed by atoms with van der Waals surface area (Å²) in [6.07, 6.45) is 0. The van der Waals surface area contributed by atoms with Crippen molar-refractivity contribution >= 4 is 69.4 Å². The van der Waals surface area contributed by atoms with Crippen molar-refractivity contribution in [1.82, 2.24) is 0 Å². The molecule has 0 spiro atoms. The fraction of sp³-hybridized carbons (Fsp3) is 0. The van der Waals surface area contributed by atoms with Crippen LogP contribution in [0.4, 0.5) is 11.4 Å². The molecule has 0 radical (unpaired) electrons. The summed E-state index contributed by atoms with van der Waals surface area (Å²) in [7, 11) is 0. The minimum atomic E-state index is -0.0769. The predicted octanol–water partition coefficient (Wildman–Crippen LogP) is 6.44. The molecule has 3 nitrogen and oxygen atoms in total. The highest BCUT2D eigenvalue weighted by Gasteiger charge is 2.22. The molecule has 0 aliphatic carbocycles. The molecule has 0 amide bonds. The molecule has 0 saturated heterocycles. The first kappa shape index (κ1) is 17.0. The fourth-order valence-corrected chi connectivity index (χ4v) is 2.95. The van der Waals surface area contributed by atoms with E-state index in [0.29, 0.717) is 15.7 Å². The van der Waals surface area contributed by atoms with Gasteiger partial charge >= 0.3 is 0 Å². The van der Waals surface area contributed by atoms with Gasteiger partial charge in [-0.25, -0.2) is 0 Å². The number of hydrogen-bond donors (Lipinski definition) is 1. The number of nitriles is 2. The third-order valence-corrected chi connectivity index (χ3v) is 4.51. The topological polar surface area (TPSA) is 59.6 Å². The van der Waals surface area contributed by atoms with Crippen molar-refractivity contribution in [2.45, 2.75) is 0 Å². The van der Waals surface area contributed by atoms with E-state index in [0.717, 1.165) is 0 Å². The van der Waals surface area contributed by atoms with Crippen LogP contribution in [0.25, 0.3) is 0 Å². The van der Waals surface area contributed by atoms with Crippen molar-refractivity contribution in [3.63, 3.8) is 0 Å². The van der Waals surface area contributed by atoms with Crippen molar-refractivity contribution in [1.29, 1.82) is 10.5 Å². The SMILES string of the molecule is N#Cc1c(Cl)c(Cl)c(Nc2ccc(Cl)cc2Cl)c(C#N)c1Cl. The molecule has 0 atom stereocenters. The average Bonchev–Trinajstić information content (AvgIpc) is 2.48. The highest BCUT2D eigenvalue weighted by atomic mass is 35.5. The summed E-state index contributed by atoms with van der Waals surface area (Å²) in [5.74, 6) is 0.